The molecule has 3 rings (SSSR count). The van der Waals surface area contributed by atoms with Crippen molar-refractivity contribution in [1.29, 1.82) is 0 Å². The maximum absolute atomic E-state index is 11.5. The summed E-state index contributed by atoms with van der Waals surface area (Å²) in [5.74, 6) is 0.529. The number of carbonyl (C=O) groups excluding carboxylic acids is 1. The van der Waals surface area contributed by atoms with Gasteiger partial charge in [0.1, 0.15) is 5.75 Å². The van der Waals surface area contributed by atoms with Crippen molar-refractivity contribution in [2.75, 3.05) is 13.1 Å². The quantitative estimate of drug-likeness (QED) is 0.922. The van der Waals surface area contributed by atoms with Crippen molar-refractivity contribution in [3.05, 3.63) is 23.2 Å². The minimum atomic E-state index is 0.258. The Morgan fingerprint density at radius 2 is 2.33 bits per heavy atom. The van der Waals surface area contributed by atoms with Gasteiger partial charge in [0.25, 0.3) is 0 Å². The number of hydrogen-bond acceptors (Lipinski definition) is 4. The lowest BCUT2D eigenvalue weighted by molar-refractivity contribution is -0.127. The van der Waals surface area contributed by atoms with E-state index >= 15 is 0 Å². The third kappa shape index (κ3) is 2.18. The Morgan fingerprint density at radius 1 is 1.44 bits per heavy atom. The third-order valence-corrected chi connectivity index (χ3v) is 4.26. The van der Waals surface area contributed by atoms with E-state index in [1.807, 2.05) is 11.0 Å². The zero-order valence-electron chi connectivity index (χ0n) is 9.93. The van der Waals surface area contributed by atoms with Gasteiger partial charge in [-0.1, -0.05) is 0 Å². The molecule has 4 nitrogen and oxygen atoms in total. The fourth-order valence-electron chi connectivity index (χ4n) is 2.24. The summed E-state index contributed by atoms with van der Waals surface area (Å²) in [6.45, 7) is 1.63. The highest BCUT2D eigenvalue weighted by molar-refractivity contribution is 7.18. The molecule has 1 saturated heterocycles. The molecule has 94 valence electrons. The number of amides is 1. The lowest BCUT2D eigenvalue weighted by atomic mass is 10.3. The van der Waals surface area contributed by atoms with Gasteiger partial charge in [-0.2, -0.15) is 0 Å². The van der Waals surface area contributed by atoms with E-state index in [1.165, 1.54) is 0 Å². The van der Waals surface area contributed by atoms with Crippen LogP contribution in [-0.2, 0) is 11.2 Å². The number of hydrogen-bond donors (Lipinski definition) is 1. The molecule has 1 amide bonds. The maximum atomic E-state index is 11.5. The molecule has 1 aliphatic heterocycles. The Bertz CT molecular complexity index is 594. The molecule has 0 bridgehead atoms. The Balaban J connectivity index is 1.72. The SMILES string of the molecule is O=C1CCCN1CCc1nc2ccc(O)cc2s1. The first kappa shape index (κ1) is 11.5. The van der Waals surface area contributed by atoms with E-state index in [4.69, 9.17) is 0 Å². The second-order valence-corrected chi connectivity index (χ2v) is 5.61. The fraction of sp³-hybridized carbons (Fsp3) is 0.385. The number of aromatic hydroxyl groups is 1. The van der Waals surface area contributed by atoms with Crippen molar-refractivity contribution in [2.24, 2.45) is 0 Å². The number of fused-ring (bicyclic) bond motifs is 1. The Morgan fingerprint density at radius 3 is 3.11 bits per heavy atom. The number of likely N-dealkylation sites (tertiary alicyclic amines) is 1. The molecule has 1 aromatic carbocycles. The van der Waals surface area contributed by atoms with Crippen molar-refractivity contribution in [1.82, 2.24) is 9.88 Å². The summed E-state index contributed by atoms with van der Waals surface area (Å²) in [4.78, 5) is 17.9. The topological polar surface area (TPSA) is 53.4 Å². The minimum absolute atomic E-state index is 0.258. The van der Waals surface area contributed by atoms with Crippen LogP contribution >= 0.6 is 11.3 Å². The van der Waals surface area contributed by atoms with Crippen molar-refractivity contribution < 1.29 is 9.90 Å². The zero-order chi connectivity index (χ0) is 12.5. The molecule has 1 fully saturated rings. The Kier molecular flexibility index (Phi) is 2.91. The second kappa shape index (κ2) is 4.57. The Hall–Kier alpha value is -1.62. The van der Waals surface area contributed by atoms with E-state index in [2.05, 4.69) is 4.98 Å². The average Bonchev–Trinajstić information content (AvgIpc) is 2.92. The van der Waals surface area contributed by atoms with Crippen molar-refractivity contribution in [2.45, 2.75) is 19.3 Å². The van der Waals surface area contributed by atoms with Gasteiger partial charge in [0, 0.05) is 25.9 Å². The van der Waals surface area contributed by atoms with E-state index in [1.54, 1.807) is 23.5 Å². The predicted molar refractivity (Wildman–Crippen MR) is 70.8 cm³/mol. The molecule has 18 heavy (non-hydrogen) atoms. The van der Waals surface area contributed by atoms with Gasteiger partial charge in [0.05, 0.1) is 15.2 Å². The summed E-state index contributed by atoms with van der Waals surface area (Å²) < 4.78 is 0.998. The summed E-state index contributed by atoms with van der Waals surface area (Å²) in [5.41, 5.74) is 0.917. The molecule has 5 heteroatoms. The fourth-order valence-corrected chi connectivity index (χ4v) is 3.23. The predicted octanol–water partition coefficient (Wildman–Crippen LogP) is 2.17. The van der Waals surface area contributed by atoms with Crippen LogP contribution < -0.4 is 0 Å². The van der Waals surface area contributed by atoms with E-state index in [0.29, 0.717) is 6.42 Å². The first-order valence-electron chi connectivity index (χ1n) is 6.08. The molecule has 0 saturated carbocycles. The molecular formula is C13H14N2O2S. The van der Waals surface area contributed by atoms with Gasteiger partial charge in [-0.15, -0.1) is 11.3 Å². The number of phenols is 1. The average molecular weight is 262 g/mol. The summed E-state index contributed by atoms with van der Waals surface area (Å²) in [7, 11) is 0. The van der Waals surface area contributed by atoms with Gasteiger partial charge in [0.15, 0.2) is 0 Å². The molecule has 0 spiro atoms. The molecule has 0 radical (unpaired) electrons. The molecule has 0 atom stereocenters. The number of aromatic nitrogens is 1. The lowest BCUT2D eigenvalue weighted by Crippen LogP contribution is -2.26. The van der Waals surface area contributed by atoms with Crippen LogP contribution in [-0.4, -0.2) is 34.0 Å². The highest BCUT2D eigenvalue weighted by atomic mass is 32.1. The molecule has 1 N–H and O–H groups in total. The standard InChI is InChI=1S/C13H14N2O2S/c16-9-3-4-10-11(8-9)18-12(14-10)5-7-15-6-1-2-13(15)17/h3-4,8,16H,1-2,5-7H2. The molecule has 1 aliphatic rings. The molecule has 0 unspecified atom stereocenters. The molecule has 1 aromatic heterocycles. The summed E-state index contributed by atoms with van der Waals surface area (Å²) >= 11 is 1.59. The van der Waals surface area contributed by atoms with Crippen LogP contribution in [0.2, 0.25) is 0 Å². The smallest absolute Gasteiger partial charge is 0.222 e. The van der Waals surface area contributed by atoms with Crippen LogP contribution in [0.1, 0.15) is 17.8 Å². The van der Waals surface area contributed by atoms with Gasteiger partial charge in [-0.05, 0) is 24.6 Å². The number of carbonyl (C=O) groups is 1. The van der Waals surface area contributed by atoms with Gasteiger partial charge in [0.2, 0.25) is 5.91 Å². The van der Waals surface area contributed by atoms with Gasteiger partial charge in [-0.3, -0.25) is 4.79 Å². The van der Waals surface area contributed by atoms with E-state index in [0.717, 1.165) is 41.2 Å². The van der Waals surface area contributed by atoms with Crippen molar-refractivity contribution in [3.8, 4) is 5.75 Å². The van der Waals surface area contributed by atoms with Crippen LogP contribution in [0.5, 0.6) is 5.75 Å². The second-order valence-electron chi connectivity index (χ2n) is 4.49. The third-order valence-electron chi connectivity index (χ3n) is 3.18. The number of benzene rings is 1. The van der Waals surface area contributed by atoms with E-state index < -0.39 is 0 Å². The van der Waals surface area contributed by atoms with Crippen LogP contribution in [0, 0.1) is 0 Å². The van der Waals surface area contributed by atoms with Crippen LogP contribution in [0.4, 0.5) is 0 Å². The van der Waals surface area contributed by atoms with E-state index in [-0.39, 0.29) is 11.7 Å². The lowest BCUT2D eigenvalue weighted by Gasteiger charge is -2.13. The van der Waals surface area contributed by atoms with Gasteiger partial charge < -0.3 is 10.0 Å². The largest absolute Gasteiger partial charge is 0.508 e. The van der Waals surface area contributed by atoms with Gasteiger partial charge >= 0.3 is 0 Å². The molecular weight excluding hydrogens is 248 g/mol. The highest BCUT2D eigenvalue weighted by Crippen LogP contribution is 2.26. The first-order chi connectivity index (χ1) is 8.72. The minimum Gasteiger partial charge on any atom is -0.508 e. The van der Waals surface area contributed by atoms with Crippen LogP contribution in [0.25, 0.3) is 10.2 Å². The zero-order valence-corrected chi connectivity index (χ0v) is 10.7. The molecule has 2 heterocycles. The highest BCUT2D eigenvalue weighted by Gasteiger charge is 2.19. The van der Waals surface area contributed by atoms with Gasteiger partial charge in [-0.25, -0.2) is 4.98 Å². The summed E-state index contributed by atoms with van der Waals surface area (Å²) in [6.07, 6.45) is 2.46. The number of nitrogens with zero attached hydrogens (tertiary/aromatic N) is 2. The monoisotopic (exact) mass is 262 g/mol. The van der Waals surface area contributed by atoms with Crippen molar-refractivity contribution in [3.63, 3.8) is 0 Å². The molecule has 2 aromatic rings. The summed E-state index contributed by atoms with van der Waals surface area (Å²) in [6, 6.07) is 5.21. The normalized spacial score (nSPS) is 15.8. The van der Waals surface area contributed by atoms with Crippen molar-refractivity contribution >= 4 is 27.5 Å². The van der Waals surface area contributed by atoms with Crippen LogP contribution in [0.3, 0.4) is 0 Å². The molecule has 0 aliphatic carbocycles. The summed E-state index contributed by atoms with van der Waals surface area (Å²) in [5, 5.41) is 10.4. The van der Waals surface area contributed by atoms with E-state index in [9.17, 15) is 9.90 Å². The Labute approximate surface area is 109 Å². The first-order valence-corrected chi connectivity index (χ1v) is 6.90. The maximum Gasteiger partial charge on any atom is 0.222 e. The number of rotatable bonds is 3. The number of phenolic OH excluding ortho intramolecular Hbond substituents is 1. The number of thiazole rings is 1. The van der Waals surface area contributed by atoms with Crippen LogP contribution in [0.15, 0.2) is 18.2 Å².